The van der Waals surface area contributed by atoms with Crippen molar-refractivity contribution in [3.05, 3.63) is 36.7 Å². The third-order valence-corrected chi connectivity index (χ3v) is 2.30. The number of aromatic amines is 1. The monoisotopic (exact) mass is 292 g/mol. The molecular weight excluding hydrogens is 272 g/mol. The molecule has 1 aromatic heterocycles. The summed E-state index contributed by atoms with van der Waals surface area (Å²) in [6, 6.07) is 7.07. The Labute approximate surface area is 123 Å². The number of nitrogens with one attached hydrogen (secondary N) is 1. The van der Waals surface area contributed by atoms with E-state index in [4.69, 9.17) is 9.84 Å². The van der Waals surface area contributed by atoms with E-state index in [1.165, 1.54) is 20.8 Å². The summed E-state index contributed by atoms with van der Waals surface area (Å²) in [6.45, 7) is 4.52. The van der Waals surface area contributed by atoms with Gasteiger partial charge in [-0.05, 0) is 45.0 Å². The topological polar surface area (TPSA) is 95.4 Å². The SMILES string of the molecule is CC(C)=O.CC(O)C(O)Oc1ccc(-c2ncc[nH]2)cc1. The minimum atomic E-state index is -1.22. The summed E-state index contributed by atoms with van der Waals surface area (Å²) in [4.78, 5) is 16.6. The van der Waals surface area contributed by atoms with Gasteiger partial charge in [0.05, 0.1) is 0 Å². The number of rotatable bonds is 4. The van der Waals surface area contributed by atoms with Gasteiger partial charge < -0.3 is 24.7 Å². The van der Waals surface area contributed by atoms with Crippen molar-refractivity contribution in [1.82, 2.24) is 9.97 Å². The molecule has 1 aromatic carbocycles. The van der Waals surface area contributed by atoms with Crippen molar-refractivity contribution in [2.24, 2.45) is 0 Å². The Hall–Kier alpha value is -2.18. The Morgan fingerprint density at radius 3 is 2.24 bits per heavy atom. The number of aliphatic hydroxyl groups excluding tert-OH is 2. The van der Waals surface area contributed by atoms with Crippen LogP contribution in [0.1, 0.15) is 20.8 Å². The molecule has 3 N–H and O–H groups in total. The van der Waals surface area contributed by atoms with Gasteiger partial charge in [-0.1, -0.05) is 0 Å². The second kappa shape index (κ2) is 8.18. The van der Waals surface area contributed by atoms with Gasteiger partial charge in [0.25, 0.3) is 0 Å². The fraction of sp³-hybridized carbons (Fsp3) is 0.333. The largest absolute Gasteiger partial charge is 0.462 e. The average molecular weight is 292 g/mol. The van der Waals surface area contributed by atoms with Crippen LogP contribution < -0.4 is 4.74 Å². The highest BCUT2D eigenvalue weighted by Crippen LogP contribution is 2.19. The maximum Gasteiger partial charge on any atom is 0.223 e. The first-order valence-corrected chi connectivity index (χ1v) is 6.50. The molecule has 0 aliphatic heterocycles. The summed E-state index contributed by atoms with van der Waals surface area (Å²) in [5.41, 5.74) is 0.925. The van der Waals surface area contributed by atoms with Gasteiger partial charge in [0.2, 0.25) is 6.29 Å². The van der Waals surface area contributed by atoms with Crippen LogP contribution in [0.2, 0.25) is 0 Å². The minimum Gasteiger partial charge on any atom is -0.462 e. The normalized spacial score (nSPS) is 12.8. The molecule has 0 saturated carbocycles. The summed E-state index contributed by atoms with van der Waals surface area (Å²) in [5.74, 6) is 1.43. The average Bonchev–Trinajstić information content (AvgIpc) is 2.92. The maximum atomic E-state index is 9.44. The van der Waals surface area contributed by atoms with E-state index in [1.807, 2.05) is 12.1 Å². The summed E-state index contributed by atoms with van der Waals surface area (Å²) in [5, 5.41) is 18.4. The molecule has 0 amide bonds. The van der Waals surface area contributed by atoms with Crippen molar-refractivity contribution in [3.63, 3.8) is 0 Å². The van der Waals surface area contributed by atoms with E-state index < -0.39 is 12.4 Å². The number of aliphatic hydroxyl groups is 2. The highest BCUT2D eigenvalue weighted by molar-refractivity contribution is 5.72. The molecule has 2 unspecified atom stereocenters. The molecule has 2 rings (SSSR count). The van der Waals surface area contributed by atoms with Gasteiger partial charge in [-0.15, -0.1) is 0 Å². The molecule has 2 aromatic rings. The van der Waals surface area contributed by atoms with Gasteiger partial charge in [0.1, 0.15) is 23.5 Å². The first-order chi connectivity index (χ1) is 9.90. The lowest BCUT2D eigenvalue weighted by Crippen LogP contribution is -2.28. The first kappa shape index (κ1) is 16.9. The number of benzene rings is 1. The third kappa shape index (κ3) is 6.20. The lowest BCUT2D eigenvalue weighted by atomic mass is 10.2. The van der Waals surface area contributed by atoms with Crippen molar-refractivity contribution in [3.8, 4) is 17.1 Å². The van der Waals surface area contributed by atoms with Gasteiger partial charge in [-0.2, -0.15) is 0 Å². The number of H-pyrrole nitrogens is 1. The smallest absolute Gasteiger partial charge is 0.223 e. The van der Waals surface area contributed by atoms with Crippen LogP contribution in [-0.4, -0.2) is 38.4 Å². The van der Waals surface area contributed by atoms with Crippen molar-refractivity contribution >= 4 is 5.78 Å². The lowest BCUT2D eigenvalue weighted by molar-refractivity contribution is -0.115. The van der Waals surface area contributed by atoms with Crippen LogP contribution in [0.5, 0.6) is 5.75 Å². The molecule has 0 saturated heterocycles. The van der Waals surface area contributed by atoms with E-state index >= 15 is 0 Å². The van der Waals surface area contributed by atoms with Gasteiger partial charge >= 0.3 is 0 Å². The molecule has 6 heteroatoms. The Morgan fingerprint density at radius 1 is 1.24 bits per heavy atom. The number of Topliss-reactive ketones (excluding diaryl/α,β-unsaturated/α-hetero) is 1. The molecule has 0 spiro atoms. The van der Waals surface area contributed by atoms with Gasteiger partial charge in [-0.3, -0.25) is 0 Å². The fourth-order valence-electron chi connectivity index (χ4n) is 1.35. The number of ether oxygens (including phenoxy) is 1. The van der Waals surface area contributed by atoms with Crippen molar-refractivity contribution in [1.29, 1.82) is 0 Å². The van der Waals surface area contributed by atoms with Crippen LogP contribution in [0.3, 0.4) is 0 Å². The molecule has 0 aliphatic carbocycles. The number of carbonyl (C=O) groups excluding carboxylic acids is 1. The number of hydrogen-bond donors (Lipinski definition) is 3. The standard InChI is InChI=1S/C12H14N2O3.C3H6O/c1-8(15)12(16)17-10-4-2-9(3-5-10)11-13-6-7-14-11;1-3(2)4/h2-8,12,15-16H,1H3,(H,13,14);1-2H3. The zero-order valence-corrected chi connectivity index (χ0v) is 12.3. The molecule has 0 fully saturated rings. The van der Waals surface area contributed by atoms with Gasteiger partial charge in [0, 0.05) is 18.0 Å². The Kier molecular flexibility index (Phi) is 6.58. The van der Waals surface area contributed by atoms with Crippen LogP contribution in [0.15, 0.2) is 36.7 Å². The number of carbonyl (C=O) groups is 1. The van der Waals surface area contributed by atoms with E-state index in [9.17, 15) is 9.90 Å². The quantitative estimate of drug-likeness (QED) is 0.746. The highest BCUT2D eigenvalue weighted by Gasteiger charge is 2.12. The van der Waals surface area contributed by atoms with E-state index in [0.717, 1.165) is 11.4 Å². The molecule has 114 valence electrons. The molecule has 0 radical (unpaired) electrons. The molecule has 0 bridgehead atoms. The maximum absolute atomic E-state index is 9.44. The van der Waals surface area contributed by atoms with Crippen LogP contribution in [0.4, 0.5) is 0 Å². The molecule has 1 heterocycles. The highest BCUT2D eigenvalue weighted by atomic mass is 16.6. The van der Waals surface area contributed by atoms with Crippen LogP contribution in [-0.2, 0) is 4.79 Å². The number of imidazole rings is 1. The predicted molar refractivity (Wildman–Crippen MR) is 78.7 cm³/mol. The third-order valence-electron chi connectivity index (χ3n) is 2.30. The predicted octanol–water partition coefficient (Wildman–Crippen LogP) is 1.75. The zero-order chi connectivity index (χ0) is 15.8. The van der Waals surface area contributed by atoms with E-state index in [2.05, 4.69) is 9.97 Å². The fourth-order valence-corrected chi connectivity index (χ4v) is 1.35. The van der Waals surface area contributed by atoms with Crippen molar-refractivity contribution in [2.45, 2.75) is 33.2 Å². The summed E-state index contributed by atoms with van der Waals surface area (Å²) in [7, 11) is 0. The van der Waals surface area contributed by atoms with Crippen LogP contribution >= 0.6 is 0 Å². The number of aromatic nitrogens is 2. The van der Waals surface area contributed by atoms with Crippen LogP contribution in [0, 0.1) is 0 Å². The van der Waals surface area contributed by atoms with Gasteiger partial charge in [-0.25, -0.2) is 4.98 Å². The Morgan fingerprint density at radius 2 is 1.81 bits per heavy atom. The van der Waals surface area contributed by atoms with Crippen molar-refractivity contribution in [2.75, 3.05) is 0 Å². The Bertz CT molecular complexity index is 531. The second-order valence-corrected chi connectivity index (χ2v) is 4.62. The zero-order valence-electron chi connectivity index (χ0n) is 12.3. The van der Waals surface area contributed by atoms with E-state index in [1.54, 1.807) is 24.5 Å². The molecular formula is C15H20N2O4. The second-order valence-electron chi connectivity index (χ2n) is 4.62. The summed E-state index contributed by atoms with van der Waals surface area (Å²) in [6.07, 6.45) is 1.28. The summed E-state index contributed by atoms with van der Waals surface area (Å²) < 4.78 is 5.12. The lowest BCUT2D eigenvalue weighted by Gasteiger charge is -2.15. The Balaban J connectivity index is 0.000000491. The molecule has 21 heavy (non-hydrogen) atoms. The minimum absolute atomic E-state index is 0.167. The van der Waals surface area contributed by atoms with E-state index in [0.29, 0.717) is 5.75 Å². The molecule has 2 atom stereocenters. The number of hydrogen-bond acceptors (Lipinski definition) is 5. The molecule has 6 nitrogen and oxygen atoms in total. The van der Waals surface area contributed by atoms with E-state index in [-0.39, 0.29) is 5.78 Å². The first-order valence-electron chi connectivity index (χ1n) is 6.50. The molecule has 0 aliphatic rings. The number of nitrogens with zero attached hydrogens (tertiary/aromatic N) is 1. The van der Waals surface area contributed by atoms with Crippen molar-refractivity contribution < 1.29 is 19.7 Å². The van der Waals surface area contributed by atoms with Crippen LogP contribution in [0.25, 0.3) is 11.4 Å². The number of ketones is 1. The summed E-state index contributed by atoms with van der Waals surface area (Å²) >= 11 is 0. The van der Waals surface area contributed by atoms with Gasteiger partial charge in [0.15, 0.2) is 0 Å².